The van der Waals surface area contributed by atoms with Crippen molar-refractivity contribution in [1.29, 1.82) is 0 Å². The van der Waals surface area contributed by atoms with Crippen molar-refractivity contribution >= 4 is 35.8 Å². The van der Waals surface area contributed by atoms with Crippen molar-refractivity contribution in [3.05, 3.63) is 63.7 Å². The molecule has 0 bridgehead atoms. The summed E-state index contributed by atoms with van der Waals surface area (Å²) in [5, 5.41) is 11.5. The Labute approximate surface area is 168 Å². The average molecular weight is 408 g/mol. The lowest BCUT2D eigenvalue weighted by molar-refractivity contribution is -0.387. The van der Waals surface area contributed by atoms with Crippen LogP contribution in [-0.2, 0) is 0 Å². The van der Waals surface area contributed by atoms with E-state index in [0.29, 0.717) is 36.0 Å². The van der Waals surface area contributed by atoms with Crippen LogP contribution in [0, 0.1) is 23.0 Å². The Balaban J connectivity index is 0.00000261. The number of aryl methyl sites for hydroxylation is 1. The van der Waals surface area contributed by atoms with Gasteiger partial charge in [-0.15, -0.1) is 12.4 Å². The minimum absolute atomic E-state index is 0. The zero-order valence-corrected chi connectivity index (χ0v) is 16.6. The van der Waals surface area contributed by atoms with Gasteiger partial charge in [-0.3, -0.25) is 14.9 Å². The molecule has 3 rings (SSSR count). The van der Waals surface area contributed by atoms with Crippen molar-refractivity contribution in [2.45, 2.75) is 23.1 Å². The summed E-state index contributed by atoms with van der Waals surface area (Å²) in [6.45, 7) is 3.80. The molecular formula is C19H22ClN3O3S. The minimum Gasteiger partial charge on any atom is -0.338 e. The van der Waals surface area contributed by atoms with Crippen molar-refractivity contribution in [1.82, 2.24) is 4.90 Å². The topological polar surface area (TPSA) is 89.5 Å². The molecule has 8 heteroatoms. The maximum Gasteiger partial charge on any atom is 0.284 e. The molecule has 1 aliphatic rings. The Morgan fingerprint density at radius 1 is 1.30 bits per heavy atom. The normalized spacial score (nSPS) is 16.1. The second-order valence-electron chi connectivity index (χ2n) is 6.50. The number of halogens is 1. The zero-order valence-electron chi connectivity index (χ0n) is 15.0. The fourth-order valence-electron chi connectivity index (χ4n) is 3.00. The Bertz CT molecular complexity index is 829. The van der Waals surface area contributed by atoms with Gasteiger partial charge in [-0.1, -0.05) is 29.5 Å². The maximum atomic E-state index is 12.6. The van der Waals surface area contributed by atoms with E-state index in [1.54, 1.807) is 17.0 Å². The SMILES string of the molecule is Cc1ccc(Sc2ccc(C(=O)N3CCC(CN)C3)cc2[N+](=O)[O-])cc1.Cl. The highest BCUT2D eigenvalue weighted by Crippen LogP contribution is 2.35. The highest BCUT2D eigenvalue weighted by molar-refractivity contribution is 7.99. The predicted octanol–water partition coefficient (Wildman–Crippen LogP) is 3.90. The molecule has 0 spiro atoms. The second-order valence-corrected chi connectivity index (χ2v) is 7.61. The van der Waals surface area contributed by atoms with Crippen LogP contribution in [0.1, 0.15) is 22.3 Å². The molecule has 1 aliphatic heterocycles. The first-order valence-corrected chi connectivity index (χ1v) is 9.32. The number of likely N-dealkylation sites (tertiary alicyclic amines) is 1. The van der Waals surface area contributed by atoms with Crippen LogP contribution in [0.25, 0.3) is 0 Å². The molecule has 0 radical (unpaired) electrons. The fraction of sp³-hybridized carbons (Fsp3) is 0.316. The predicted molar refractivity (Wildman–Crippen MR) is 109 cm³/mol. The lowest BCUT2D eigenvalue weighted by Crippen LogP contribution is -2.29. The van der Waals surface area contributed by atoms with E-state index in [9.17, 15) is 14.9 Å². The van der Waals surface area contributed by atoms with Gasteiger partial charge in [-0.05, 0) is 50.1 Å². The van der Waals surface area contributed by atoms with Crippen LogP contribution < -0.4 is 5.73 Å². The minimum atomic E-state index is -0.431. The number of carbonyl (C=O) groups excluding carboxylic acids is 1. The van der Waals surface area contributed by atoms with Crippen LogP contribution in [-0.4, -0.2) is 35.4 Å². The van der Waals surface area contributed by atoms with Gasteiger partial charge in [0, 0.05) is 29.6 Å². The van der Waals surface area contributed by atoms with Crippen molar-refractivity contribution < 1.29 is 9.72 Å². The van der Waals surface area contributed by atoms with Gasteiger partial charge in [0.25, 0.3) is 11.6 Å². The van der Waals surface area contributed by atoms with E-state index < -0.39 is 4.92 Å². The van der Waals surface area contributed by atoms with E-state index in [-0.39, 0.29) is 24.0 Å². The summed E-state index contributed by atoms with van der Waals surface area (Å²) in [5.74, 6) is 0.140. The van der Waals surface area contributed by atoms with E-state index >= 15 is 0 Å². The maximum absolute atomic E-state index is 12.6. The number of benzene rings is 2. The molecule has 1 heterocycles. The molecule has 1 fully saturated rings. The van der Waals surface area contributed by atoms with Gasteiger partial charge in [-0.25, -0.2) is 0 Å². The fourth-order valence-corrected chi connectivity index (χ4v) is 3.90. The number of nitrogens with two attached hydrogens (primary N) is 1. The van der Waals surface area contributed by atoms with Gasteiger partial charge >= 0.3 is 0 Å². The van der Waals surface area contributed by atoms with Gasteiger partial charge in [0.05, 0.1) is 9.82 Å². The first-order valence-electron chi connectivity index (χ1n) is 8.50. The first kappa shape index (κ1) is 21.2. The molecule has 27 heavy (non-hydrogen) atoms. The summed E-state index contributed by atoms with van der Waals surface area (Å²) in [4.78, 5) is 26.9. The number of nitro benzene ring substituents is 1. The monoisotopic (exact) mass is 407 g/mol. The lowest BCUT2D eigenvalue weighted by atomic mass is 10.1. The van der Waals surface area contributed by atoms with Crippen molar-refractivity contribution in [2.75, 3.05) is 19.6 Å². The third-order valence-electron chi connectivity index (χ3n) is 4.56. The molecule has 6 nitrogen and oxygen atoms in total. The van der Waals surface area contributed by atoms with E-state index in [1.807, 2.05) is 31.2 Å². The lowest BCUT2D eigenvalue weighted by Gasteiger charge is -2.16. The Morgan fingerprint density at radius 3 is 2.59 bits per heavy atom. The smallest absolute Gasteiger partial charge is 0.284 e. The summed E-state index contributed by atoms with van der Waals surface area (Å²) in [6.07, 6.45) is 0.881. The molecular weight excluding hydrogens is 386 g/mol. The van der Waals surface area contributed by atoms with Crippen molar-refractivity contribution in [3.8, 4) is 0 Å². The quantitative estimate of drug-likeness (QED) is 0.599. The van der Waals surface area contributed by atoms with Gasteiger partial charge in [-0.2, -0.15) is 0 Å². The third kappa shape index (κ3) is 5.00. The summed E-state index contributed by atoms with van der Waals surface area (Å²) in [6, 6.07) is 12.5. The van der Waals surface area contributed by atoms with Crippen molar-refractivity contribution in [2.24, 2.45) is 11.7 Å². The van der Waals surface area contributed by atoms with Crippen LogP contribution in [0.3, 0.4) is 0 Å². The summed E-state index contributed by atoms with van der Waals surface area (Å²) in [7, 11) is 0. The molecule has 1 amide bonds. The number of nitro groups is 1. The van der Waals surface area contributed by atoms with Crippen LogP contribution in [0.4, 0.5) is 5.69 Å². The number of carbonyl (C=O) groups is 1. The van der Waals surface area contributed by atoms with Gasteiger partial charge < -0.3 is 10.6 Å². The molecule has 1 saturated heterocycles. The number of rotatable bonds is 5. The van der Waals surface area contributed by atoms with Crippen LogP contribution >= 0.6 is 24.2 Å². The van der Waals surface area contributed by atoms with E-state index in [0.717, 1.165) is 16.9 Å². The molecule has 2 aromatic rings. The van der Waals surface area contributed by atoms with E-state index in [1.165, 1.54) is 17.8 Å². The van der Waals surface area contributed by atoms with Gasteiger partial charge in [0.2, 0.25) is 0 Å². The molecule has 1 atom stereocenters. The largest absolute Gasteiger partial charge is 0.338 e. The summed E-state index contributed by atoms with van der Waals surface area (Å²) >= 11 is 1.32. The van der Waals surface area contributed by atoms with Crippen LogP contribution in [0.15, 0.2) is 52.3 Å². The number of hydrogen-bond acceptors (Lipinski definition) is 5. The zero-order chi connectivity index (χ0) is 18.7. The highest BCUT2D eigenvalue weighted by atomic mass is 35.5. The molecule has 0 aromatic heterocycles. The van der Waals surface area contributed by atoms with Crippen LogP contribution in [0.5, 0.6) is 0 Å². The second kappa shape index (κ2) is 9.21. The molecule has 2 aromatic carbocycles. The molecule has 144 valence electrons. The van der Waals surface area contributed by atoms with E-state index in [4.69, 9.17) is 5.73 Å². The third-order valence-corrected chi connectivity index (χ3v) is 5.63. The number of hydrogen-bond donors (Lipinski definition) is 1. The first-order chi connectivity index (χ1) is 12.5. The number of nitrogens with zero attached hydrogens (tertiary/aromatic N) is 2. The van der Waals surface area contributed by atoms with E-state index in [2.05, 4.69) is 0 Å². The van der Waals surface area contributed by atoms with Gasteiger partial charge in [0.1, 0.15) is 0 Å². The Hall–Kier alpha value is -2.09. The number of amides is 1. The summed E-state index contributed by atoms with van der Waals surface area (Å²) in [5.41, 5.74) is 7.11. The Morgan fingerprint density at radius 2 is 2.00 bits per heavy atom. The molecule has 1 unspecified atom stereocenters. The Kier molecular flexibility index (Phi) is 7.24. The van der Waals surface area contributed by atoms with Crippen molar-refractivity contribution in [3.63, 3.8) is 0 Å². The molecule has 0 aliphatic carbocycles. The van der Waals surface area contributed by atoms with Gasteiger partial charge in [0.15, 0.2) is 0 Å². The highest BCUT2D eigenvalue weighted by Gasteiger charge is 2.27. The average Bonchev–Trinajstić information content (AvgIpc) is 3.12. The summed E-state index contributed by atoms with van der Waals surface area (Å²) < 4.78 is 0. The molecule has 0 saturated carbocycles. The van der Waals surface area contributed by atoms with Crippen LogP contribution in [0.2, 0.25) is 0 Å². The standard InChI is InChI=1S/C19H21N3O3S.ClH/c1-13-2-5-16(6-3-13)26-18-7-4-15(10-17(18)22(24)25)19(23)21-9-8-14(11-20)12-21;/h2-7,10,14H,8-9,11-12,20H2,1H3;1H. The molecule has 2 N–H and O–H groups in total.